The molecule has 3 nitrogen and oxygen atoms in total. The quantitative estimate of drug-likeness (QED) is 0.844. The van der Waals surface area contributed by atoms with Crippen LogP contribution < -0.4 is 5.32 Å². The number of nitrogens with one attached hydrogen (secondary N) is 1. The van der Waals surface area contributed by atoms with Crippen molar-refractivity contribution in [3.8, 4) is 5.75 Å². The fraction of sp³-hybridized carbons (Fsp3) is 0.364. The maximum Gasteiger partial charge on any atom is 0.253 e. The number of carbonyl (C=O) groups excluding carboxylic acids is 1. The number of rotatable bonds is 3. The number of hydrogen-bond acceptors (Lipinski definition) is 2. The fourth-order valence-electron chi connectivity index (χ4n) is 1.10. The van der Waals surface area contributed by atoms with Gasteiger partial charge in [-0.2, -0.15) is 0 Å². The lowest BCUT2D eigenvalue weighted by molar-refractivity contribution is 0.0921. The van der Waals surface area contributed by atoms with E-state index < -0.39 is 0 Å². The third kappa shape index (κ3) is 3.39. The minimum absolute atomic E-state index is 0.0196. The molecule has 0 radical (unpaired) electrons. The highest BCUT2D eigenvalue weighted by Crippen LogP contribution is 2.21. The Morgan fingerprint density at radius 3 is 2.75 bits per heavy atom. The first-order chi connectivity index (χ1) is 7.35. The largest absolute Gasteiger partial charge is 0.508 e. The predicted molar refractivity (Wildman–Crippen MR) is 68.5 cm³/mol. The maximum atomic E-state index is 11.9. The minimum Gasteiger partial charge on any atom is -0.508 e. The van der Waals surface area contributed by atoms with Gasteiger partial charge in [-0.25, -0.2) is 0 Å². The van der Waals surface area contributed by atoms with Gasteiger partial charge < -0.3 is 10.4 Å². The molecule has 0 heterocycles. The average Bonchev–Trinajstić information content (AvgIpc) is 2.21. The van der Waals surface area contributed by atoms with E-state index in [4.69, 9.17) is 11.6 Å². The van der Waals surface area contributed by atoms with E-state index in [-0.39, 0.29) is 22.8 Å². The Morgan fingerprint density at radius 1 is 1.56 bits per heavy atom. The van der Waals surface area contributed by atoms with Gasteiger partial charge in [0, 0.05) is 10.9 Å². The van der Waals surface area contributed by atoms with E-state index >= 15 is 0 Å². The number of benzene rings is 1. The number of carbonyl (C=O) groups is 1. The molecule has 0 aliphatic rings. The molecule has 1 aromatic rings. The number of alkyl halides is 1. The molecule has 1 amide bonds. The smallest absolute Gasteiger partial charge is 0.253 e. The molecule has 0 fully saturated rings. The van der Waals surface area contributed by atoms with Gasteiger partial charge in [-0.15, -0.1) is 0 Å². The van der Waals surface area contributed by atoms with Gasteiger partial charge in [0.25, 0.3) is 5.91 Å². The van der Waals surface area contributed by atoms with E-state index in [9.17, 15) is 9.90 Å². The zero-order valence-electron chi connectivity index (χ0n) is 9.05. The first-order valence-electron chi connectivity index (χ1n) is 4.73. The summed E-state index contributed by atoms with van der Waals surface area (Å²) >= 11 is 9.19. The second-order valence-corrected chi connectivity index (χ2v) is 5.10. The molecule has 5 heteroatoms. The van der Waals surface area contributed by atoms with Crippen molar-refractivity contribution in [2.45, 2.75) is 19.4 Å². The van der Waals surface area contributed by atoms with E-state index in [2.05, 4.69) is 21.2 Å². The predicted octanol–water partition coefficient (Wildman–Crippen LogP) is 2.95. The van der Waals surface area contributed by atoms with Crippen LogP contribution in [0.2, 0.25) is 5.02 Å². The fourth-order valence-corrected chi connectivity index (χ4v) is 1.44. The van der Waals surface area contributed by atoms with Gasteiger partial charge in [0.2, 0.25) is 0 Å². The first kappa shape index (κ1) is 13.3. The number of halogens is 2. The van der Waals surface area contributed by atoms with Crippen LogP contribution in [0.25, 0.3) is 0 Å². The van der Waals surface area contributed by atoms with Gasteiger partial charge in [-0.3, -0.25) is 4.79 Å². The average molecular weight is 307 g/mol. The third-order valence-electron chi connectivity index (χ3n) is 1.98. The summed E-state index contributed by atoms with van der Waals surface area (Å²) in [6.07, 6.45) is 0. The summed E-state index contributed by atoms with van der Waals surface area (Å²) in [5.74, 6) is -0.281. The highest BCUT2D eigenvalue weighted by Gasteiger charge is 2.21. The van der Waals surface area contributed by atoms with Crippen molar-refractivity contribution in [2.75, 3.05) is 5.33 Å². The van der Waals surface area contributed by atoms with E-state index in [0.29, 0.717) is 10.4 Å². The molecule has 1 aromatic carbocycles. The molecule has 2 N–H and O–H groups in total. The van der Waals surface area contributed by atoms with Gasteiger partial charge >= 0.3 is 0 Å². The maximum absolute atomic E-state index is 11.9. The van der Waals surface area contributed by atoms with E-state index in [1.807, 2.05) is 13.8 Å². The summed E-state index contributed by atoms with van der Waals surface area (Å²) < 4.78 is 0. The normalized spacial score (nSPS) is 11.2. The van der Waals surface area contributed by atoms with Crippen molar-refractivity contribution in [2.24, 2.45) is 0 Å². The van der Waals surface area contributed by atoms with Crippen LogP contribution in [0.15, 0.2) is 18.2 Å². The molecular formula is C11H13BrClNO2. The summed E-state index contributed by atoms with van der Waals surface area (Å²) in [6.45, 7) is 3.77. The lowest BCUT2D eigenvalue weighted by Gasteiger charge is -2.23. The highest BCUT2D eigenvalue weighted by atomic mass is 79.9. The number of amides is 1. The standard InChI is InChI=1S/C11H13BrClNO2/c1-11(2,6-12)14-10(16)8-5-7(15)3-4-9(8)13/h3-5,15H,6H2,1-2H3,(H,14,16). The van der Waals surface area contributed by atoms with Crippen molar-refractivity contribution in [3.05, 3.63) is 28.8 Å². The Hall–Kier alpha value is -0.740. The van der Waals surface area contributed by atoms with Crippen LogP contribution >= 0.6 is 27.5 Å². The van der Waals surface area contributed by atoms with Crippen LogP contribution in [0.4, 0.5) is 0 Å². The molecule has 0 aromatic heterocycles. The van der Waals surface area contributed by atoms with Crippen molar-refractivity contribution < 1.29 is 9.90 Å². The Labute approximate surface area is 108 Å². The first-order valence-corrected chi connectivity index (χ1v) is 6.22. The van der Waals surface area contributed by atoms with Crippen molar-refractivity contribution in [1.82, 2.24) is 5.32 Å². The second kappa shape index (κ2) is 5.06. The number of hydrogen-bond donors (Lipinski definition) is 2. The highest BCUT2D eigenvalue weighted by molar-refractivity contribution is 9.09. The van der Waals surface area contributed by atoms with Crippen LogP contribution in [-0.4, -0.2) is 21.9 Å². The number of phenols is 1. The summed E-state index contributed by atoms with van der Waals surface area (Å²) in [4.78, 5) is 11.9. The van der Waals surface area contributed by atoms with E-state index in [1.54, 1.807) is 0 Å². The number of phenolic OH excluding ortho intramolecular Hbond substituents is 1. The summed E-state index contributed by atoms with van der Waals surface area (Å²) in [6, 6.07) is 4.28. The molecule has 0 saturated carbocycles. The Kier molecular flexibility index (Phi) is 4.21. The second-order valence-electron chi connectivity index (χ2n) is 4.14. The Balaban J connectivity index is 2.93. The van der Waals surface area contributed by atoms with Crippen LogP contribution in [0.3, 0.4) is 0 Å². The Morgan fingerprint density at radius 2 is 2.19 bits per heavy atom. The third-order valence-corrected chi connectivity index (χ3v) is 3.71. The van der Waals surface area contributed by atoms with Crippen LogP contribution in [0.1, 0.15) is 24.2 Å². The van der Waals surface area contributed by atoms with Gasteiger partial charge in [-0.1, -0.05) is 27.5 Å². The molecule has 0 spiro atoms. The molecule has 0 unspecified atom stereocenters. The number of aromatic hydroxyl groups is 1. The summed E-state index contributed by atoms with van der Waals surface area (Å²) in [5.41, 5.74) is -0.0954. The molecule has 0 saturated heterocycles. The zero-order valence-corrected chi connectivity index (χ0v) is 11.4. The van der Waals surface area contributed by atoms with Crippen LogP contribution in [-0.2, 0) is 0 Å². The SMILES string of the molecule is CC(C)(CBr)NC(=O)c1cc(O)ccc1Cl. The molecule has 0 atom stereocenters. The Bertz CT molecular complexity index is 407. The molecule has 0 bridgehead atoms. The van der Waals surface area contributed by atoms with Gasteiger partial charge in [0.15, 0.2) is 0 Å². The minimum atomic E-state index is -0.369. The van der Waals surface area contributed by atoms with Crippen LogP contribution in [0.5, 0.6) is 5.75 Å². The van der Waals surface area contributed by atoms with Crippen molar-refractivity contribution in [1.29, 1.82) is 0 Å². The topological polar surface area (TPSA) is 49.3 Å². The van der Waals surface area contributed by atoms with Crippen molar-refractivity contribution >= 4 is 33.4 Å². The van der Waals surface area contributed by atoms with Gasteiger partial charge in [-0.05, 0) is 32.0 Å². The lowest BCUT2D eigenvalue weighted by Crippen LogP contribution is -2.44. The lowest BCUT2D eigenvalue weighted by atomic mass is 10.1. The molecule has 1 rings (SSSR count). The molecular weight excluding hydrogens is 293 g/mol. The van der Waals surface area contributed by atoms with Crippen molar-refractivity contribution in [3.63, 3.8) is 0 Å². The molecule has 0 aliphatic carbocycles. The van der Waals surface area contributed by atoms with E-state index in [0.717, 1.165) is 0 Å². The van der Waals surface area contributed by atoms with Crippen LogP contribution in [0, 0.1) is 0 Å². The summed E-state index contributed by atoms with van der Waals surface area (Å²) in [5, 5.41) is 13.1. The summed E-state index contributed by atoms with van der Waals surface area (Å²) in [7, 11) is 0. The molecule has 88 valence electrons. The molecule has 16 heavy (non-hydrogen) atoms. The molecule has 0 aliphatic heterocycles. The zero-order chi connectivity index (χ0) is 12.3. The van der Waals surface area contributed by atoms with Gasteiger partial charge in [0.1, 0.15) is 5.75 Å². The monoisotopic (exact) mass is 305 g/mol. The van der Waals surface area contributed by atoms with E-state index in [1.165, 1.54) is 18.2 Å². The van der Waals surface area contributed by atoms with Gasteiger partial charge in [0.05, 0.1) is 10.6 Å².